The van der Waals surface area contributed by atoms with Crippen molar-refractivity contribution in [2.45, 2.75) is 57.0 Å². The minimum Gasteiger partial charge on any atom is -0.344 e. The average molecular weight is 527 g/mol. The third-order valence-corrected chi connectivity index (χ3v) is 12.7. The third-order valence-electron chi connectivity index (χ3n) is 7.07. The van der Waals surface area contributed by atoms with Crippen molar-refractivity contribution in [1.82, 2.24) is 0 Å². The van der Waals surface area contributed by atoms with E-state index in [4.69, 9.17) is 9.47 Å². The molecule has 0 radical (unpaired) electrons. The molecular formula is C33H36O2P2. The highest BCUT2D eigenvalue weighted by atomic mass is 31.1. The average Bonchev–Trinajstić information content (AvgIpc) is 3.27. The Morgan fingerprint density at radius 2 is 0.730 bits per heavy atom. The van der Waals surface area contributed by atoms with Gasteiger partial charge in [0.05, 0.1) is 12.2 Å². The lowest BCUT2D eigenvalue weighted by Crippen LogP contribution is -2.42. The first kappa shape index (κ1) is 26.3. The molecular weight excluding hydrogens is 490 g/mol. The van der Waals surface area contributed by atoms with Crippen LogP contribution in [0.1, 0.15) is 27.7 Å². The molecule has 0 N–H and O–H groups in total. The summed E-state index contributed by atoms with van der Waals surface area (Å²) < 4.78 is 13.6. The third kappa shape index (κ3) is 5.89. The van der Waals surface area contributed by atoms with Crippen molar-refractivity contribution in [2.75, 3.05) is 0 Å². The molecule has 4 aromatic carbocycles. The summed E-state index contributed by atoms with van der Waals surface area (Å²) in [5.41, 5.74) is 0.551. The van der Waals surface area contributed by atoms with Crippen LogP contribution in [0.5, 0.6) is 0 Å². The van der Waals surface area contributed by atoms with E-state index in [0.717, 1.165) is 0 Å². The second kappa shape index (κ2) is 11.6. The number of rotatable bonds is 8. The van der Waals surface area contributed by atoms with E-state index in [2.05, 4.69) is 149 Å². The monoisotopic (exact) mass is 526 g/mol. The molecule has 2 nitrogen and oxygen atoms in total. The number of ether oxygens (including phenoxy) is 2. The fourth-order valence-corrected chi connectivity index (χ4v) is 10.9. The minimum atomic E-state index is -0.642. The summed E-state index contributed by atoms with van der Waals surface area (Å²) in [5, 5.41) is 5.52. The molecule has 0 aromatic heterocycles. The van der Waals surface area contributed by atoms with E-state index in [0.29, 0.717) is 0 Å². The summed E-state index contributed by atoms with van der Waals surface area (Å²) in [6, 6.07) is 43.8. The summed E-state index contributed by atoms with van der Waals surface area (Å²) >= 11 is 0. The van der Waals surface area contributed by atoms with E-state index in [1.807, 2.05) is 0 Å². The van der Waals surface area contributed by atoms with Gasteiger partial charge in [0.15, 0.2) is 5.79 Å². The Morgan fingerprint density at radius 1 is 0.486 bits per heavy atom. The maximum absolute atomic E-state index is 6.79. The Labute approximate surface area is 224 Å². The lowest BCUT2D eigenvalue weighted by Gasteiger charge is -2.36. The highest BCUT2D eigenvalue weighted by molar-refractivity contribution is 7.74. The highest BCUT2D eigenvalue weighted by Gasteiger charge is 2.49. The fraction of sp³-hybridized carbons (Fsp3) is 0.273. The molecule has 37 heavy (non-hydrogen) atoms. The van der Waals surface area contributed by atoms with Crippen LogP contribution in [0.15, 0.2) is 121 Å². The van der Waals surface area contributed by atoms with Gasteiger partial charge in [-0.25, -0.2) is 0 Å². The van der Waals surface area contributed by atoms with Gasteiger partial charge in [-0.15, -0.1) is 0 Å². The lowest BCUT2D eigenvalue weighted by molar-refractivity contribution is -0.145. The second-order valence-corrected chi connectivity index (χ2v) is 15.3. The number of hydrogen-bond acceptors (Lipinski definition) is 2. The predicted molar refractivity (Wildman–Crippen MR) is 161 cm³/mol. The second-order valence-electron chi connectivity index (χ2n) is 10.1. The molecule has 0 saturated carbocycles. The van der Waals surface area contributed by atoms with Crippen molar-refractivity contribution < 1.29 is 9.47 Å². The van der Waals surface area contributed by atoms with Gasteiger partial charge in [0, 0.05) is 11.3 Å². The Balaban J connectivity index is 1.55. The van der Waals surface area contributed by atoms with Crippen LogP contribution in [0.25, 0.3) is 0 Å². The molecule has 1 fully saturated rings. The van der Waals surface area contributed by atoms with Crippen molar-refractivity contribution in [1.29, 1.82) is 0 Å². The molecule has 0 aliphatic carbocycles. The SMILES string of the molecule is CC([C@H]1OC(C)(C)O[C@@H]1[C@@H](C)P(c1ccccc1)c1ccccc1)P(c1ccccc1)c1ccccc1. The van der Waals surface area contributed by atoms with Gasteiger partial charge in [-0.05, 0) is 50.9 Å². The first-order chi connectivity index (χ1) is 17.9. The summed E-state index contributed by atoms with van der Waals surface area (Å²) in [6.07, 6.45) is -0.0390. The molecule has 1 saturated heterocycles. The first-order valence-corrected chi connectivity index (χ1v) is 15.9. The summed E-state index contributed by atoms with van der Waals surface area (Å²) in [4.78, 5) is 0. The van der Waals surface area contributed by atoms with E-state index in [1.165, 1.54) is 21.2 Å². The number of benzene rings is 4. The fourth-order valence-electron chi connectivity index (χ4n) is 5.45. The van der Waals surface area contributed by atoms with Crippen molar-refractivity contribution in [3.05, 3.63) is 121 Å². The molecule has 1 unspecified atom stereocenters. The van der Waals surface area contributed by atoms with Gasteiger partial charge < -0.3 is 9.47 Å². The Kier molecular flexibility index (Phi) is 8.23. The van der Waals surface area contributed by atoms with Crippen LogP contribution in [0.2, 0.25) is 0 Å². The largest absolute Gasteiger partial charge is 0.344 e. The van der Waals surface area contributed by atoms with E-state index in [1.54, 1.807) is 0 Å². The van der Waals surface area contributed by atoms with Gasteiger partial charge in [-0.2, -0.15) is 0 Å². The summed E-state index contributed by atoms with van der Waals surface area (Å²) in [7, 11) is -1.28. The molecule has 1 heterocycles. The maximum atomic E-state index is 6.79. The quantitative estimate of drug-likeness (QED) is 0.243. The topological polar surface area (TPSA) is 18.5 Å². The Morgan fingerprint density at radius 3 is 0.973 bits per heavy atom. The molecule has 5 rings (SSSR count). The molecule has 0 amide bonds. The van der Waals surface area contributed by atoms with E-state index in [-0.39, 0.29) is 23.5 Å². The molecule has 1 aliphatic heterocycles. The highest BCUT2D eigenvalue weighted by Crippen LogP contribution is 2.51. The van der Waals surface area contributed by atoms with Crippen molar-refractivity contribution >= 4 is 37.1 Å². The van der Waals surface area contributed by atoms with Gasteiger partial charge in [-0.1, -0.05) is 135 Å². The van der Waals surface area contributed by atoms with E-state index >= 15 is 0 Å². The Hall–Kier alpha value is -2.34. The van der Waals surface area contributed by atoms with Crippen LogP contribution in [0, 0.1) is 0 Å². The van der Waals surface area contributed by atoms with Crippen LogP contribution in [-0.2, 0) is 9.47 Å². The standard InChI is InChI=1S/C33H36O2P2/c1-25(36(27-17-9-5-10-18-27)28-19-11-6-12-20-28)31-32(35-33(3,4)34-31)26(2)37(29-21-13-7-14-22-29)30-23-15-8-16-24-30/h5-26,31-32H,1-4H3/t25-,26?,31-,32-/m1/s1. The minimum absolute atomic E-state index is 0.0195. The smallest absolute Gasteiger partial charge is 0.163 e. The van der Waals surface area contributed by atoms with Crippen LogP contribution >= 0.6 is 15.8 Å². The first-order valence-electron chi connectivity index (χ1n) is 13.1. The number of hydrogen-bond donors (Lipinski definition) is 0. The summed E-state index contributed by atoms with van der Waals surface area (Å²) in [5.74, 6) is -0.624. The predicted octanol–water partition coefficient (Wildman–Crippen LogP) is 6.55. The van der Waals surface area contributed by atoms with E-state index < -0.39 is 21.6 Å². The zero-order valence-corrected chi connectivity index (χ0v) is 23.9. The van der Waals surface area contributed by atoms with Gasteiger partial charge in [0.1, 0.15) is 0 Å². The summed E-state index contributed by atoms with van der Waals surface area (Å²) in [6.45, 7) is 8.88. The molecule has 0 bridgehead atoms. The zero-order valence-electron chi connectivity index (χ0n) is 22.1. The molecule has 0 spiro atoms. The van der Waals surface area contributed by atoms with Gasteiger partial charge >= 0.3 is 0 Å². The van der Waals surface area contributed by atoms with Gasteiger partial charge in [-0.3, -0.25) is 0 Å². The zero-order chi connectivity index (χ0) is 25.8. The van der Waals surface area contributed by atoms with Crippen LogP contribution in [0.3, 0.4) is 0 Å². The van der Waals surface area contributed by atoms with Crippen LogP contribution in [-0.4, -0.2) is 29.3 Å². The molecule has 1 aliphatic rings. The molecule has 4 heteroatoms. The Bertz CT molecular complexity index is 1070. The molecule has 190 valence electrons. The maximum Gasteiger partial charge on any atom is 0.163 e. The van der Waals surface area contributed by atoms with Crippen molar-refractivity contribution in [2.24, 2.45) is 0 Å². The molecule has 4 aromatic rings. The van der Waals surface area contributed by atoms with Crippen LogP contribution in [0.4, 0.5) is 0 Å². The van der Waals surface area contributed by atoms with Gasteiger partial charge in [0.2, 0.25) is 0 Å². The van der Waals surface area contributed by atoms with Crippen molar-refractivity contribution in [3.8, 4) is 0 Å². The molecule has 4 atom stereocenters. The van der Waals surface area contributed by atoms with Crippen LogP contribution < -0.4 is 21.2 Å². The van der Waals surface area contributed by atoms with Gasteiger partial charge in [0.25, 0.3) is 0 Å². The van der Waals surface area contributed by atoms with E-state index in [9.17, 15) is 0 Å². The normalized spacial score (nSPS) is 20.7. The van der Waals surface area contributed by atoms with Crippen molar-refractivity contribution in [3.63, 3.8) is 0 Å². The lowest BCUT2D eigenvalue weighted by atomic mass is 10.1.